The van der Waals surface area contributed by atoms with E-state index in [0.29, 0.717) is 4.88 Å². The number of thiophene rings is 1. The molecule has 0 aromatic carbocycles. The van der Waals surface area contributed by atoms with E-state index < -0.39 is 28.3 Å². The van der Waals surface area contributed by atoms with Gasteiger partial charge in [0.1, 0.15) is 4.21 Å². The summed E-state index contributed by atoms with van der Waals surface area (Å²) in [6.07, 6.45) is -4.07. The molecule has 1 heterocycles. The molecule has 0 aliphatic heterocycles. The molecule has 0 spiro atoms. The molecule has 0 saturated heterocycles. The molecule has 11 heteroatoms. The Hall–Kier alpha value is -1.20. The van der Waals surface area contributed by atoms with Gasteiger partial charge in [-0.25, -0.2) is 22.3 Å². The first-order chi connectivity index (χ1) is 9.05. The Labute approximate surface area is 115 Å². The molecular formula is C9H10F4N2O3S2. The van der Waals surface area contributed by atoms with Crippen LogP contribution >= 0.6 is 11.3 Å². The monoisotopic (exact) mass is 334 g/mol. The molecule has 3 N–H and O–H groups in total. The van der Waals surface area contributed by atoms with Crippen LogP contribution in [0.2, 0.25) is 0 Å². The van der Waals surface area contributed by atoms with Crippen LogP contribution in [-0.2, 0) is 21.2 Å². The Balaban J connectivity index is 2.54. The topological polar surface area (TPSA) is 89.3 Å². The predicted octanol–water partition coefficient (Wildman–Crippen LogP) is 0.955. The smallest absolute Gasteiger partial charge is 0.350 e. The van der Waals surface area contributed by atoms with Crippen LogP contribution in [0.4, 0.5) is 17.6 Å². The van der Waals surface area contributed by atoms with E-state index in [9.17, 15) is 30.8 Å². The number of nitrogens with one attached hydrogen (secondary N) is 1. The first kappa shape index (κ1) is 16.9. The van der Waals surface area contributed by atoms with E-state index in [0.717, 1.165) is 11.3 Å². The van der Waals surface area contributed by atoms with Crippen molar-refractivity contribution in [3.05, 3.63) is 17.0 Å². The third-order valence-electron chi connectivity index (χ3n) is 2.15. The number of primary sulfonamides is 1. The second-order valence-electron chi connectivity index (χ2n) is 3.70. The number of alkyl halides is 4. The number of halogens is 4. The summed E-state index contributed by atoms with van der Waals surface area (Å²) in [5.41, 5.74) is 0. The van der Waals surface area contributed by atoms with Gasteiger partial charge in [-0.3, -0.25) is 4.79 Å². The first-order valence-electron chi connectivity index (χ1n) is 5.11. The molecule has 0 aliphatic carbocycles. The van der Waals surface area contributed by atoms with Gasteiger partial charge in [-0.1, -0.05) is 0 Å². The lowest BCUT2D eigenvalue weighted by molar-refractivity contribution is -0.169. The standard InChI is InChI=1S/C9H10F4N2O3S2/c10-7(11)9(12,13)8(16)15-4-3-5-1-2-6(19-5)20(14,17)18/h1-2,7H,3-4H2,(H,15,16)(H2,14,17,18). The van der Waals surface area contributed by atoms with E-state index in [-0.39, 0.29) is 17.2 Å². The third-order valence-corrected chi connectivity index (χ3v) is 4.73. The summed E-state index contributed by atoms with van der Waals surface area (Å²) in [5.74, 6) is -6.82. The minimum atomic E-state index is -4.75. The van der Waals surface area contributed by atoms with Crippen molar-refractivity contribution in [2.75, 3.05) is 6.54 Å². The molecule has 0 aliphatic rings. The highest BCUT2D eigenvalue weighted by Gasteiger charge is 2.48. The van der Waals surface area contributed by atoms with Crippen LogP contribution in [0.5, 0.6) is 0 Å². The van der Waals surface area contributed by atoms with Gasteiger partial charge in [0, 0.05) is 11.4 Å². The van der Waals surface area contributed by atoms with Gasteiger partial charge < -0.3 is 5.32 Å². The van der Waals surface area contributed by atoms with Crippen molar-refractivity contribution in [2.24, 2.45) is 5.14 Å². The quantitative estimate of drug-likeness (QED) is 0.759. The highest BCUT2D eigenvalue weighted by atomic mass is 32.2. The van der Waals surface area contributed by atoms with Gasteiger partial charge in [0.25, 0.3) is 5.91 Å². The molecule has 0 saturated carbocycles. The van der Waals surface area contributed by atoms with Gasteiger partial charge in [-0.15, -0.1) is 11.3 Å². The van der Waals surface area contributed by atoms with E-state index in [4.69, 9.17) is 5.14 Å². The number of hydrogen-bond donors (Lipinski definition) is 2. The summed E-state index contributed by atoms with van der Waals surface area (Å²) in [6, 6.07) is 2.62. The third kappa shape index (κ3) is 4.15. The predicted molar refractivity (Wildman–Crippen MR) is 63.4 cm³/mol. The molecule has 0 unspecified atom stereocenters. The van der Waals surface area contributed by atoms with Gasteiger partial charge in [-0.05, 0) is 18.6 Å². The van der Waals surface area contributed by atoms with E-state index >= 15 is 0 Å². The zero-order chi connectivity index (χ0) is 15.6. The molecular weight excluding hydrogens is 324 g/mol. The van der Waals surface area contributed by atoms with Crippen LogP contribution in [0.1, 0.15) is 4.88 Å². The number of sulfonamides is 1. The molecule has 1 amide bonds. The van der Waals surface area contributed by atoms with Crippen molar-refractivity contribution in [1.82, 2.24) is 5.32 Å². The minimum Gasteiger partial charge on any atom is -0.350 e. The van der Waals surface area contributed by atoms with Gasteiger partial charge in [0.2, 0.25) is 10.0 Å². The van der Waals surface area contributed by atoms with E-state index in [1.165, 1.54) is 12.1 Å². The van der Waals surface area contributed by atoms with Crippen LogP contribution in [-0.4, -0.2) is 33.2 Å². The molecule has 20 heavy (non-hydrogen) atoms. The molecule has 1 rings (SSSR count). The van der Waals surface area contributed by atoms with Crippen molar-refractivity contribution in [2.45, 2.75) is 23.0 Å². The molecule has 114 valence electrons. The van der Waals surface area contributed by atoms with Crippen molar-refractivity contribution in [3.8, 4) is 0 Å². The summed E-state index contributed by atoms with van der Waals surface area (Å²) in [4.78, 5) is 11.3. The van der Waals surface area contributed by atoms with Crippen LogP contribution in [0.25, 0.3) is 0 Å². The molecule has 1 aromatic heterocycles. The Morgan fingerprint density at radius 1 is 1.40 bits per heavy atom. The Morgan fingerprint density at radius 3 is 2.45 bits per heavy atom. The van der Waals surface area contributed by atoms with E-state index in [2.05, 4.69) is 0 Å². The van der Waals surface area contributed by atoms with Gasteiger partial charge in [-0.2, -0.15) is 8.78 Å². The van der Waals surface area contributed by atoms with Crippen molar-refractivity contribution in [1.29, 1.82) is 0 Å². The van der Waals surface area contributed by atoms with Crippen molar-refractivity contribution in [3.63, 3.8) is 0 Å². The van der Waals surface area contributed by atoms with E-state index in [1.807, 2.05) is 0 Å². The van der Waals surface area contributed by atoms with Crippen LogP contribution in [0.15, 0.2) is 16.3 Å². The van der Waals surface area contributed by atoms with Crippen LogP contribution in [0, 0.1) is 0 Å². The Kier molecular flexibility index (Phi) is 5.10. The van der Waals surface area contributed by atoms with Crippen LogP contribution in [0.3, 0.4) is 0 Å². The Morgan fingerprint density at radius 2 is 2.00 bits per heavy atom. The lowest BCUT2D eigenvalue weighted by Gasteiger charge is -2.14. The van der Waals surface area contributed by atoms with Gasteiger partial charge in [0.05, 0.1) is 0 Å². The second-order valence-corrected chi connectivity index (χ2v) is 6.65. The molecule has 0 fully saturated rings. The summed E-state index contributed by atoms with van der Waals surface area (Å²) < 4.78 is 70.7. The maximum atomic E-state index is 12.6. The zero-order valence-corrected chi connectivity index (χ0v) is 11.4. The Bertz CT molecular complexity index is 586. The highest BCUT2D eigenvalue weighted by Crippen LogP contribution is 2.23. The maximum absolute atomic E-state index is 12.6. The first-order valence-corrected chi connectivity index (χ1v) is 7.47. The number of amides is 1. The van der Waals surface area contributed by atoms with Crippen molar-refractivity contribution < 1.29 is 30.8 Å². The number of nitrogens with two attached hydrogens (primary N) is 1. The van der Waals surface area contributed by atoms with Gasteiger partial charge >= 0.3 is 12.3 Å². The number of hydrogen-bond acceptors (Lipinski definition) is 4. The lowest BCUT2D eigenvalue weighted by atomic mass is 10.3. The zero-order valence-electron chi connectivity index (χ0n) is 9.78. The lowest BCUT2D eigenvalue weighted by Crippen LogP contribution is -2.45. The fraction of sp³-hybridized carbons (Fsp3) is 0.444. The summed E-state index contributed by atoms with van der Waals surface area (Å²) >= 11 is 0.805. The van der Waals surface area contributed by atoms with Gasteiger partial charge in [0.15, 0.2) is 0 Å². The molecule has 0 bridgehead atoms. The number of carbonyl (C=O) groups excluding carboxylic acids is 1. The average molecular weight is 334 g/mol. The molecule has 0 atom stereocenters. The average Bonchev–Trinajstić information content (AvgIpc) is 2.77. The molecule has 5 nitrogen and oxygen atoms in total. The molecule has 0 radical (unpaired) electrons. The highest BCUT2D eigenvalue weighted by molar-refractivity contribution is 7.91. The van der Waals surface area contributed by atoms with E-state index in [1.54, 1.807) is 5.32 Å². The number of rotatable bonds is 6. The second kappa shape index (κ2) is 6.06. The number of carbonyl (C=O) groups is 1. The summed E-state index contributed by atoms with van der Waals surface area (Å²) in [7, 11) is -3.85. The van der Waals surface area contributed by atoms with Crippen LogP contribution < -0.4 is 10.5 Å². The fourth-order valence-electron chi connectivity index (χ4n) is 1.16. The van der Waals surface area contributed by atoms with Crippen molar-refractivity contribution >= 4 is 27.3 Å². The fourth-order valence-corrected chi connectivity index (χ4v) is 2.94. The summed E-state index contributed by atoms with van der Waals surface area (Å²) in [5, 5.41) is 6.53. The minimum absolute atomic E-state index is 0.0191. The maximum Gasteiger partial charge on any atom is 0.383 e. The largest absolute Gasteiger partial charge is 0.383 e. The normalized spacial score (nSPS) is 12.7. The SMILES string of the molecule is NS(=O)(=O)c1ccc(CCNC(=O)C(F)(F)C(F)F)s1. The molecule has 1 aromatic rings. The summed E-state index contributed by atoms with van der Waals surface area (Å²) in [6.45, 7) is -0.328.